The van der Waals surface area contributed by atoms with Crippen molar-refractivity contribution in [3.8, 4) is 5.75 Å². The first kappa shape index (κ1) is 21.8. The van der Waals surface area contributed by atoms with Crippen LogP contribution in [0, 0.1) is 18.2 Å². The molecule has 8 nitrogen and oxygen atoms in total. The Morgan fingerprint density at radius 1 is 1.27 bits per heavy atom. The number of ether oxygens (including phenoxy) is 1. The molecule has 5 rings (SSSR count). The van der Waals surface area contributed by atoms with E-state index in [1.807, 2.05) is 30.7 Å². The van der Waals surface area contributed by atoms with Gasteiger partial charge in [0.05, 0.1) is 35.0 Å². The van der Waals surface area contributed by atoms with Crippen LogP contribution in [0.1, 0.15) is 25.1 Å². The van der Waals surface area contributed by atoms with Gasteiger partial charge >= 0.3 is 0 Å². The molecular weight excluding hydrogens is 449 g/mol. The highest BCUT2D eigenvalue weighted by Crippen LogP contribution is 2.46. The lowest BCUT2D eigenvalue weighted by molar-refractivity contribution is -0.0364. The molecule has 0 unspecified atom stereocenters. The predicted molar refractivity (Wildman–Crippen MR) is 123 cm³/mol. The smallest absolute Gasteiger partial charge is 0.143 e. The molecule has 10 heteroatoms. The van der Waals surface area contributed by atoms with E-state index in [2.05, 4.69) is 15.0 Å². The molecule has 0 amide bonds. The highest BCUT2D eigenvalue weighted by atomic mass is 35.5. The number of pyridine rings is 1. The lowest BCUT2D eigenvalue weighted by atomic mass is 9.87. The SMILES string of the molecule is Cc1ncnc2c1ccn2[C@@H]1C[C@](C)(COc2cc(F)c3cc(Cl)c(N)nc3c2)[C@@H](O)[C@H]1O. The van der Waals surface area contributed by atoms with E-state index in [9.17, 15) is 14.6 Å². The van der Waals surface area contributed by atoms with E-state index in [1.54, 1.807) is 6.07 Å². The van der Waals surface area contributed by atoms with Gasteiger partial charge in [-0.2, -0.15) is 0 Å². The molecule has 0 radical (unpaired) electrons. The maximum Gasteiger partial charge on any atom is 0.143 e. The summed E-state index contributed by atoms with van der Waals surface area (Å²) < 4.78 is 22.4. The van der Waals surface area contributed by atoms with Crippen LogP contribution >= 0.6 is 11.6 Å². The maximum absolute atomic E-state index is 14.6. The van der Waals surface area contributed by atoms with Crippen molar-refractivity contribution < 1.29 is 19.3 Å². The van der Waals surface area contributed by atoms with Gasteiger partial charge in [-0.3, -0.25) is 0 Å². The molecule has 0 bridgehead atoms. The van der Waals surface area contributed by atoms with Gasteiger partial charge in [-0.05, 0) is 25.5 Å². The summed E-state index contributed by atoms with van der Waals surface area (Å²) in [5, 5.41) is 23.1. The zero-order valence-electron chi connectivity index (χ0n) is 18.0. The van der Waals surface area contributed by atoms with Crippen LogP contribution in [0.4, 0.5) is 10.2 Å². The minimum absolute atomic E-state index is 0.0585. The second-order valence-corrected chi connectivity index (χ2v) is 9.30. The summed E-state index contributed by atoms with van der Waals surface area (Å²) in [4.78, 5) is 12.7. The van der Waals surface area contributed by atoms with E-state index in [1.165, 1.54) is 18.5 Å². The van der Waals surface area contributed by atoms with Crippen molar-refractivity contribution in [1.82, 2.24) is 19.5 Å². The summed E-state index contributed by atoms with van der Waals surface area (Å²) in [7, 11) is 0. The van der Waals surface area contributed by atoms with Gasteiger partial charge in [-0.1, -0.05) is 18.5 Å². The number of fused-ring (bicyclic) bond motifs is 2. The Bertz CT molecular complexity index is 1380. The number of aryl methyl sites for hydroxylation is 1. The molecule has 1 fully saturated rings. The monoisotopic (exact) mass is 471 g/mol. The number of nitrogen functional groups attached to an aromatic ring is 1. The molecule has 0 saturated heterocycles. The van der Waals surface area contributed by atoms with Crippen LogP contribution in [-0.4, -0.2) is 48.5 Å². The molecule has 3 heterocycles. The molecule has 1 aromatic carbocycles. The van der Waals surface area contributed by atoms with Crippen molar-refractivity contribution in [3.63, 3.8) is 0 Å². The fourth-order valence-corrected chi connectivity index (χ4v) is 4.80. The number of hydrogen-bond donors (Lipinski definition) is 3. The minimum Gasteiger partial charge on any atom is -0.493 e. The number of aliphatic hydroxyl groups excluding tert-OH is 2. The van der Waals surface area contributed by atoms with Crippen molar-refractivity contribution in [2.24, 2.45) is 5.41 Å². The Balaban J connectivity index is 1.40. The van der Waals surface area contributed by atoms with Gasteiger partial charge < -0.3 is 25.3 Å². The lowest BCUT2D eigenvalue weighted by Gasteiger charge is -2.28. The third-order valence-electron chi connectivity index (χ3n) is 6.58. The molecular formula is C23H23ClFN5O3. The first-order valence-electron chi connectivity index (χ1n) is 10.5. The van der Waals surface area contributed by atoms with Gasteiger partial charge in [0.1, 0.15) is 35.5 Å². The first-order chi connectivity index (χ1) is 15.7. The van der Waals surface area contributed by atoms with Gasteiger partial charge in [-0.15, -0.1) is 0 Å². The van der Waals surface area contributed by atoms with Crippen LogP contribution in [0.2, 0.25) is 5.02 Å². The van der Waals surface area contributed by atoms with Crippen molar-refractivity contribution in [1.29, 1.82) is 0 Å². The fraction of sp³-hybridized carbons (Fsp3) is 0.348. The number of halogens is 2. The Kier molecular flexibility index (Phi) is 5.15. The van der Waals surface area contributed by atoms with Gasteiger partial charge in [0, 0.05) is 34.5 Å². The van der Waals surface area contributed by atoms with Crippen LogP contribution in [0.25, 0.3) is 21.9 Å². The second kappa shape index (κ2) is 7.79. The number of nitrogens with two attached hydrogens (primary N) is 1. The predicted octanol–water partition coefficient (Wildman–Crippen LogP) is 3.41. The van der Waals surface area contributed by atoms with E-state index in [-0.39, 0.29) is 28.6 Å². The maximum atomic E-state index is 14.6. The molecule has 0 spiro atoms. The Hall–Kier alpha value is -3.01. The molecule has 1 saturated carbocycles. The van der Waals surface area contributed by atoms with E-state index >= 15 is 0 Å². The van der Waals surface area contributed by atoms with E-state index < -0.39 is 29.5 Å². The summed E-state index contributed by atoms with van der Waals surface area (Å²) in [5.41, 5.74) is 6.81. The first-order valence-corrected chi connectivity index (χ1v) is 10.9. The standard InChI is InChI=1S/C23H23ClFN5O3/c1-11-13-3-4-30(22(13)28-10-27-11)18-8-23(2,20(32)19(18)31)9-33-12-5-16(25)14-7-15(24)21(26)29-17(14)6-12/h3-7,10,18-20,31-32H,8-9H2,1-2H3,(H2,26,29)/t18-,19+,20+,23-/m1/s1. The number of aliphatic hydroxyl groups is 2. The van der Waals surface area contributed by atoms with E-state index in [0.29, 0.717) is 17.6 Å². The number of hydrogen-bond acceptors (Lipinski definition) is 7. The van der Waals surface area contributed by atoms with E-state index in [0.717, 1.165) is 11.1 Å². The van der Waals surface area contributed by atoms with Crippen LogP contribution in [0.5, 0.6) is 5.75 Å². The average molecular weight is 472 g/mol. The van der Waals surface area contributed by atoms with Gasteiger partial charge in [0.2, 0.25) is 0 Å². The van der Waals surface area contributed by atoms with Gasteiger partial charge in [0.25, 0.3) is 0 Å². The lowest BCUT2D eigenvalue weighted by Crippen LogP contribution is -2.38. The highest BCUT2D eigenvalue weighted by Gasteiger charge is 2.51. The summed E-state index contributed by atoms with van der Waals surface area (Å²) in [6.45, 7) is 3.79. The minimum atomic E-state index is -1.05. The van der Waals surface area contributed by atoms with Crippen molar-refractivity contribution in [3.05, 3.63) is 53.3 Å². The number of anilines is 1. The van der Waals surface area contributed by atoms with Crippen molar-refractivity contribution in [2.45, 2.75) is 38.5 Å². The molecule has 4 atom stereocenters. The molecule has 0 aliphatic heterocycles. The molecule has 4 N–H and O–H groups in total. The molecule has 33 heavy (non-hydrogen) atoms. The summed E-state index contributed by atoms with van der Waals surface area (Å²) in [5.74, 6) is -0.195. The van der Waals surface area contributed by atoms with E-state index in [4.69, 9.17) is 22.1 Å². The zero-order chi connectivity index (χ0) is 23.5. The molecule has 172 valence electrons. The third kappa shape index (κ3) is 3.56. The normalized spacial score (nSPS) is 25.2. The summed E-state index contributed by atoms with van der Waals surface area (Å²) in [6, 6.07) is 5.74. The quantitative estimate of drug-likeness (QED) is 0.417. The summed E-state index contributed by atoms with van der Waals surface area (Å²) >= 11 is 5.95. The molecule has 4 aromatic rings. The van der Waals surface area contributed by atoms with Crippen LogP contribution in [0.3, 0.4) is 0 Å². The number of benzene rings is 1. The Morgan fingerprint density at radius 2 is 2.06 bits per heavy atom. The van der Waals surface area contributed by atoms with Crippen molar-refractivity contribution in [2.75, 3.05) is 12.3 Å². The van der Waals surface area contributed by atoms with Gasteiger partial charge in [-0.25, -0.2) is 19.3 Å². The van der Waals surface area contributed by atoms with Crippen LogP contribution < -0.4 is 10.5 Å². The van der Waals surface area contributed by atoms with Crippen molar-refractivity contribution >= 4 is 39.4 Å². The van der Waals surface area contributed by atoms with Crippen LogP contribution in [0.15, 0.2) is 36.8 Å². The molecule has 3 aromatic heterocycles. The third-order valence-corrected chi connectivity index (χ3v) is 6.88. The average Bonchev–Trinajstić information content (AvgIpc) is 3.30. The largest absolute Gasteiger partial charge is 0.493 e. The molecule has 1 aliphatic rings. The zero-order valence-corrected chi connectivity index (χ0v) is 18.8. The summed E-state index contributed by atoms with van der Waals surface area (Å²) in [6.07, 6.45) is 1.68. The van der Waals surface area contributed by atoms with Crippen LogP contribution in [-0.2, 0) is 0 Å². The Labute approximate surface area is 193 Å². The Morgan fingerprint density at radius 3 is 2.85 bits per heavy atom. The molecule has 1 aliphatic carbocycles. The van der Waals surface area contributed by atoms with Gasteiger partial charge in [0.15, 0.2) is 0 Å². The topological polar surface area (TPSA) is 119 Å². The number of nitrogens with zero attached hydrogens (tertiary/aromatic N) is 4. The number of aromatic nitrogens is 4. The second-order valence-electron chi connectivity index (χ2n) is 8.90. The fourth-order valence-electron chi connectivity index (χ4n) is 4.64. The number of rotatable bonds is 4. The highest BCUT2D eigenvalue weighted by molar-refractivity contribution is 6.33.